The Kier molecular flexibility index (Phi) is 5.09. The summed E-state index contributed by atoms with van der Waals surface area (Å²) in [4.78, 5) is 19.7. The molecular weight excluding hydrogens is 358 g/mol. The molecule has 2 heterocycles. The second-order valence-corrected chi connectivity index (χ2v) is 8.64. The molecule has 2 aliphatic rings. The first-order chi connectivity index (χ1) is 14.3. The third-order valence-electron chi connectivity index (χ3n) is 6.73. The van der Waals surface area contributed by atoms with E-state index in [1.807, 2.05) is 35.2 Å². The molecule has 29 heavy (non-hydrogen) atoms. The first-order valence-electron chi connectivity index (χ1n) is 11.1. The van der Waals surface area contributed by atoms with Crippen molar-refractivity contribution in [3.63, 3.8) is 0 Å². The minimum absolute atomic E-state index is 0.154. The van der Waals surface area contributed by atoms with Gasteiger partial charge in [0.2, 0.25) is 5.91 Å². The molecule has 1 amide bonds. The van der Waals surface area contributed by atoms with Crippen molar-refractivity contribution in [1.82, 2.24) is 9.55 Å². The van der Waals surface area contributed by atoms with Crippen LogP contribution in [0.5, 0.6) is 0 Å². The van der Waals surface area contributed by atoms with Gasteiger partial charge in [-0.05, 0) is 36.6 Å². The predicted octanol–water partition coefficient (Wildman–Crippen LogP) is 5.53. The van der Waals surface area contributed by atoms with Gasteiger partial charge in [0.05, 0.1) is 11.0 Å². The number of aromatic nitrogens is 2. The minimum atomic E-state index is 0.154. The SMILES string of the molecule is O=C1C[C@H](c2nc3ccccc3n2CCC2CCCCC2)CN1c1ccccc1. The number of benzene rings is 2. The number of amides is 1. The van der Waals surface area contributed by atoms with Gasteiger partial charge >= 0.3 is 0 Å². The lowest BCUT2D eigenvalue weighted by Gasteiger charge is -2.23. The molecule has 0 bridgehead atoms. The molecule has 4 heteroatoms. The van der Waals surface area contributed by atoms with Crippen LogP contribution in [0.3, 0.4) is 0 Å². The van der Waals surface area contributed by atoms with E-state index < -0.39 is 0 Å². The average molecular weight is 388 g/mol. The number of fused-ring (bicyclic) bond motifs is 1. The Labute approximate surface area is 172 Å². The Balaban J connectivity index is 1.42. The molecule has 4 nitrogen and oxygen atoms in total. The molecule has 1 aliphatic carbocycles. The Hall–Kier alpha value is -2.62. The molecular formula is C25H29N3O. The van der Waals surface area contributed by atoms with E-state index in [0.29, 0.717) is 6.42 Å². The Morgan fingerprint density at radius 1 is 0.931 bits per heavy atom. The van der Waals surface area contributed by atoms with E-state index in [-0.39, 0.29) is 11.8 Å². The maximum absolute atomic E-state index is 12.8. The van der Waals surface area contributed by atoms with Gasteiger partial charge in [0.1, 0.15) is 5.82 Å². The van der Waals surface area contributed by atoms with Crippen LogP contribution in [0.1, 0.15) is 56.7 Å². The third kappa shape index (κ3) is 3.68. The highest BCUT2D eigenvalue weighted by atomic mass is 16.2. The average Bonchev–Trinajstić information content (AvgIpc) is 3.34. The fourth-order valence-corrected chi connectivity index (χ4v) is 5.17. The first-order valence-corrected chi connectivity index (χ1v) is 11.1. The molecule has 1 saturated carbocycles. The van der Waals surface area contributed by atoms with E-state index >= 15 is 0 Å². The summed E-state index contributed by atoms with van der Waals surface area (Å²) < 4.78 is 2.41. The molecule has 1 atom stereocenters. The number of hydrogen-bond acceptors (Lipinski definition) is 2. The molecule has 2 aromatic carbocycles. The lowest BCUT2D eigenvalue weighted by molar-refractivity contribution is -0.117. The Bertz CT molecular complexity index is 988. The van der Waals surface area contributed by atoms with E-state index in [9.17, 15) is 4.79 Å². The van der Waals surface area contributed by atoms with Gasteiger partial charge in [-0.15, -0.1) is 0 Å². The highest BCUT2D eigenvalue weighted by Gasteiger charge is 2.34. The number of para-hydroxylation sites is 3. The first kappa shape index (κ1) is 18.4. The molecule has 3 aromatic rings. The van der Waals surface area contributed by atoms with Crippen molar-refractivity contribution in [2.24, 2.45) is 5.92 Å². The van der Waals surface area contributed by atoms with Crippen molar-refractivity contribution in [3.05, 3.63) is 60.4 Å². The summed E-state index contributed by atoms with van der Waals surface area (Å²) >= 11 is 0. The highest BCUT2D eigenvalue weighted by molar-refractivity contribution is 5.96. The van der Waals surface area contributed by atoms with Gasteiger partial charge in [-0.2, -0.15) is 0 Å². The summed E-state index contributed by atoms with van der Waals surface area (Å²) in [5.74, 6) is 2.28. The Morgan fingerprint density at radius 3 is 2.52 bits per heavy atom. The van der Waals surface area contributed by atoms with Crippen LogP contribution in [0.15, 0.2) is 54.6 Å². The van der Waals surface area contributed by atoms with Crippen molar-refractivity contribution in [2.45, 2.75) is 57.4 Å². The van der Waals surface area contributed by atoms with Crippen molar-refractivity contribution in [2.75, 3.05) is 11.4 Å². The van der Waals surface area contributed by atoms with E-state index in [4.69, 9.17) is 4.98 Å². The van der Waals surface area contributed by atoms with Crippen LogP contribution >= 0.6 is 0 Å². The van der Waals surface area contributed by atoms with Crippen LogP contribution in [0, 0.1) is 5.92 Å². The van der Waals surface area contributed by atoms with Gasteiger partial charge in [-0.3, -0.25) is 4.79 Å². The maximum atomic E-state index is 12.8. The molecule has 2 fully saturated rings. The number of rotatable bonds is 5. The summed E-state index contributed by atoms with van der Waals surface area (Å²) in [7, 11) is 0. The molecule has 5 rings (SSSR count). The monoisotopic (exact) mass is 387 g/mol. The number of nitrogens with zero attached hydrogens (tertiary/aromatic N) is 3. The normalized spacial score (nSPS) is 20.6. The summed E-state index contributed by atoms with van der Waals surface area (Å²) in [6.07, 6.45) is 8.65. The molecule has 0 radical (unpaired) electrons. The topological polar surface area (TPSA) is 38.1 Å². The Morgan fingerprint density at radius 2 is 1.69 bits per heavy atom. The number of carbonyl (C=O) groups excluding carboxylic acids is 1. The van der Waals surface area contributed by atoms with E-state index in [2.05, 4.69) is 28.8 Å². The fourth-order valence-electron chi connectivity index (χ4n) is 5.17. The summed E-state index contributed by atoms with van der Waals surface area (Å²) in [5, 5.41) is 0. The lowest BCUT2D eigenvalue weighted by atomic mass is 9.87. The molecule has 0 spiro atoms. The smallest absolute Gasteiger partial charge is 0.227 e. The van der Waals surface area contributed by atoms with Gasteiger partial charge in [-0.1, -0.05) is 62.4 Å². The van der Waals surface area contributed by atoms with Crippen LogP contribution in [0.2, 0.25) is 0 Å². The van der Waals surface area contributed by atoms with Crippen molar-refractivity contribution < 1.29 is 4.79 Å². The maximum Gasteiger partial charge on any atom is 0.227 e. The van der Waals surface area contributed by atoms with E-state index in [1.165, 1.54) is 44.0 Å². The van der Waals surface area contributed by atoms with Crippen LogP contribution < -0.4 is 4.90 Å². The van der Waals surface area contributed by atoms with Gasteiger partial charge < -0.3 is 9.47 Å². The van der Waals surface area contributed by atoms with Gasteiger partial charge in [0.25, 0.3) is 0 Å². The van der Waals surface area contributed by atoms with Gasteiger partial charge in [0, 0.05) is 31.1 Å². The summed E-state index contributed by atoms with van der Waals surface area (Å²) in [5.41, 5.74) is 3.26. The van der Waals surface area contributed by atoms with Crippen molar-refractivity contribution in [3.8, 4) is 0 Å². The lowest BCUT2D eigenvalue weighted by Crippen LogP contribution is -2.24. The van der Waals surface area contributed by atoms with Crippen LogP contribution in [0.25, 0.3) is 11.0 Å². The zero-order valence-electron chi connectivity index (χ0n) is 17.0. The number of aryl methyl sites for hydroxylation is 1. The third-order valence-corrected chi connectivity index (χ3v) is 6.73. The number of carbonyl (C=O) groups is 1. The number of imidazole rings is 1. The molecule has 1 aromatic heterocycles. The van der Waals surface area contributed by atoms with Crippen molar-refractivity contribution in [1.29, 1.82) is 0 Å². The minimum Gasteiger partial charge on any atom is -0.328 e. The van der Waals surface area contributed by atoms with Gasteiger partial charge in [0.15, 0.2) is 0 Å². The summed E-state index contributed by atoms with van der Waals surface area (Å²) in [6, 6.07) is 18.5. The predicted molar refractivity (Wildman–Crippen MR) is 117 cm³/mol. The number of hydrogen-bond donors (Lipinski definition) is 0. The molecule has 150 valence electrons. The quantitative estimate of drug-likeness (QED) is 0.577. The van der Waals surface area contributed by atoms with Gasteiger partial charge in [-0.25, -0.2) is 4.98 Å². The van der Waals surface area contributed by atoms with Crippen LogP contribution in [-0.2, 0) is 11.3 Å². The van der Waals surface area contributed by atoms with Crippen molar-refractivity contribution >= 4 is 22.6 Å². The fraction of sp³-hybridized carbons (Fsp3) is 0.440. The molecule has 0 unspecified atom stereocenters. The zero-order valence-corrected chi connectivity index (χ0v) is 17.0. The van der Waals surface area contributed by atoms with E-state index in [1.54, 1.807) is 0 Å². The van der Waals surface area contributed by atoms with E-state index in [0.717, 1.165) is 36.0 Å². The number of anilines is 1. The highest BCUT2D eigenvalue weighted by Crippen LogP contribution is 2.34. The second-order valence-electron chi connectivity index (χ2n) is 8.64. The standard InChI is InChI=1S/C25H29N3O/c29-24-17-20(18-28(24)21-11-5-2-6-12-21)25-26-22-13-7-8-14-23(22)27(25)16-15-19-9-3-1-4-10-19/h2,5-8,11-14,19-20H,1,3-4,9-10,15-18H2/t20-/m0/s1. The molecule has 1 saturated heterocycles. The van der Waals surface area contributed by atoms with Crippen LogP contribution in [0.4, 0.5) is 5.69 Å². The van der Waals surface area contributed by atoms with Crippen LogP contribution in [-0.4, -0.2) is 22.0 Å². The molecule has 0 N–H and O–H groups in total. The largest absolute Gasteiger partial charge is 0.328 e. The zero-order chi connectivity index (χ0) is 19.6. The molecule has 1 aliphatic heterocycles. The second kappa shape index (κ2) is 8.02. The summed E-state index contributed by atoms with van der Waals surface area (Å²) in [6.45, 7) is 1.73.